The van der Waals surface area contributed by atoms with Crippen LogP contribution in [0.3, 0.4) is 0 Å². The fourth-order valence-electron chi connectivity index (χ4n) is 5.77. The summed E-state index contributed by atoms with van der Waals surface area (Å²) in [5.74, 6) is -0.0986. The first-order valence-corrected chi connectivity index (χ1v) is 19.5. The van der Waals surface area contributed by atoms with Gasteiger partial charge in [0, 0.05) is 12.5 Å². The normalized spacial score (nSPS) is 12.7. The molecule has 3 rings (SSSR count). The van der Waals surface area contributed by atoms with Crippen molar-refractivity contribution in [2.24, 2.45) is 5.92 Å². The van der Waals surface area contributed by atoms with Crippen LogP contribution in [0.25, 0.3) is 11.1 Å². The topological polar surface area (TPSA) is 138 Å². The highest BCUT2D eigenvalue weighted by atomic mass is 16.6. The van der Waals surface area contributed by atoms with E-state index in [1.807, 2.05) is 31.2 Å². The van der Waals surface area contributed by atoms with Gasteiger partial charge in [0.25, 0.3) is 0 Å². The molecule has 13 nitrogen and oxygen atoms in total. The number of carbonyl (C=O) groups is 2. The van der Waals surface area contributed by atoms with E-state index in [0.717, 1.165) is 25.7 Å². The molecule has 0 aliphatic heterocycles. The number of carbonyl (C=O) groups excluding carboxylic acids is 2. The number of hydrogen-bond acceptors (Lipinski definition) is 12. The molecule has 0 saturated carbocycles. The van der Waals surface area contributed by atoms with Crippen LogP contribution in [0.15, 0.2) is 48.5 Å². The Bertz CT molecular complexity index is 1220. The number of ether oxygens (including phenoxy) is 10. The molecule has 1 aliphatic carbocycles. The second-order valence-corrected chi connectivity index (χ2v) is 12.6. The maximum absolute atomic E-state index is 12.2. The van der Waals surface area contributed by atoms with Gasteiger partial charge >= 0.3 is 12.1 Å². The predicted molar refractivity (Wildman–Crippen MR) is 204 cm³/mol. The molecule has 304 valence electrons. The molecule has 13 heteroatoms. The van der Waals surface area contributed by atoms with Crippen molar-refractivity contribution in [2.75, 3.05) is 125 Å². The van der Waals surface area contributed by atoms with Crippen molar-refractivity contribution in [3.8, 4) is 11.1 Å². The quantitative estimate of drug-likeness (QED) is 0.0721. The number of nitrogens with one attached hydrogen (secondary N) is 1. The van der Waals surface area contributed by atoms with Crippen LogP contribution in [0.2, 0.25) is 0 Å². The molecule has 1 aliphatic rings. The van der Waals surface area contributed by atoms with Gasteiger partial charge in [0.1, 0.15) is 13.2 Å². The Morgan fingerprint density at radius 1 is 0.556 bits per heavy atom. The van der Waals surface area contributed by atoms with Crippen molar-refractivity contribution in [1.82, 2.24) is 5.32 Å². The lowest BCUT2D eigenvalue weighted by molar-refractivity contribution is -0.150. The van der Waals surface area contributed by atoms with Crippen LogP contribution in [0, 0.1) is 5.92 Å². The van der Waals surface area contributed by atoms with E-state index in [4.69, 9.17) is 47.4 Å². The maximum Gasteiger partial charge on any atom is 0.407 e. The molecular weight excluding hydrogens is 698 g/mol. The summed E-state index contributed by atoms with van der Waals surface area (Å²) in [4.78, 5) is 24.3. The Kier molecular flexibility index (Phi) is 25.2. The number of alkyl carbamates (subject to hydrolysis) is 1. The third kappa shape index (κ3) is 18.9. The largest absolute Gasteiger partial charge is 0.463 e. The number of fused-ring (bicyclic) bond motifs is 3. The fourth-order valence-corrected chi connectivity index (χ4v) is 5.77. The van der Waals surface area contributed by atoms with E-state index in [-0.39, 0.29) is 31.0 Å². The average molecular weight is 762 g/mol. The summed E-state index contributed by atoms with van der Waals surface area (Å²) in [5.41, 5.74) is 4.77. The van der Waals surface area contributed by atoms with E-state index >= 15 is 0 Å². The second-order valence-electron chi connectivity index (χ2n) is 12.6. The second kappa shape index (κ2) is 30.1. The van der Waals surface area contributed by atoms with Gasteiger partial charge in [-0.2, -0.15) is 0 Å². The Hall–Kier alpha value is -3.14. The molecule has 0 aromatic heterocycles. The summed E-state index contributed by atoms with van der Waals surface area (Å²) >= 11 is 0. The Balaban J connectivity index is 0.972. The smallest absolute Gasteiger partial charge is 0.407 e. The number of amides is 1. The molecule has 0 heterocycles. The van der Waals surface area contributed by atoms with Gasteiger partial charge in [-0.15, -0.1) is 0 Å². The summed E-state index contributed by atoms with van der Waals surface area (Å²) < 4.78 is 54.8. The molecule has 0 radical (unpaired) electrons. The van der Waals surface area contributed by atoms with Crippen molar-refractivity contribution in [2.45, 2.75) is 45.4 Å². The zero-order valence-electron chi connectivity index (χ0n) is 32.4. The van der Waals surface area contributed by atoms with Gasteiger partial charge < -0.3 is 52.7 Å². The van der Waals surface area contributed by atoms with Gasteiger partial charge in [0.15, 0.2) is 0 Å². The van der Waals surface area contributed by atoms with Crippen molar-refractivity contribution in [3.05, 3.63) is 59.7 Å². The van der Waals surface area contributed by atoms with Crippen LogP contribution < -0.4 is 5.32 Å². The fraction of sp³-hybridized carbons (Fsp3) is 0.659. The standard InChI is InChI=1S/C41H63NO12/c1-3-5-10-34(4-2)40(43)53-32-31-52-30-29-51-28-27-50-26-25-49-24-23-48-22-21-47-20-19-46-18-17-45-16-15-42-41(44)54-33-39-37-13-8-6-11-35(37)36-12-7-9-14-38(36)39/h6-9,11-14,34,39H,3-5,10,15-33H2,1-2H3,(H,42,44). The number of rotatable bonds is 34. The molecule has 0 spiro atoms. The molecule has 2 aromatic rings. The SMILES string of the molecule is CCCCC(CC)C(=O)OCCOCCOCCOCCOCCOCCOCCOCCOCCNC(=O)OCC1c2ccccc2-c2ccccc21. The van der Waals surface area contributed by atoms with Gasteiger partial charge in [-0.3, -0.25) is 4.79 Å². The van der Waals surface area contributed by atoms with Crippen molar-refractivity contribution >= 4 is 12.1 Å². The van der Waals surface area contributed by atoms with E-state index in [1.54, 1.807) is 0 Å². The van der Waals surface area contributed by atoms with E-state index in [9.17, 15) is 9.59 Å². The van der Waals surface area contributed by atoms with Crippen LogP contribution in [0.1, 0.15) is 56.6 Å². The zero-order chi connectivity index (χ0) is 38.3. The highest BCUT2D eigenvalue weighted by Gasteiger charge is 2.29. The van der Waals surface area contributed by atoms with Gasteiger partial charge in [-0.1, -0.05) is 75.2 Å². The average Bonchev–Trinajstić information content (AvgIpc) is 3.51. The highest BCUT2D eigenvalue weighted by molar-refractivity contribution is 5.79. The summed E-state index contributed by atoms with van der Waals surface area (Å²) in [6.07, 6.45) is 3.36. The van der Waals surface area contributed by atoms with Gasteiger partial charge in [-0.25, -0.2) is 4.79 Å². The summed E-state index contributed by atoms with van der Waals surface area (Å²) in [6, 6.07) is 16.5. The molecule has 1 atom stereocenters. The number of esters is 1. The predicted octanol–water partition coefficient (Wildman–Crippen LogP) is 5.42. The lowest BCUT2D eigenvalue weighted by Crippen LogP contribution is -2.29. The molecule has 0 bridgehead atoms. The Labute approximate surface area is 321 Å². The maximum atomic E-state index is 12.2. The first kappa shape index (κ1) is 45.3. The molecule has 1 amide bonds. The first-order valence-electron chi connectivity index (χ1n) is 19.5. The van der Waals surface area contributed by atoms with Crippen molar-refractivity contribution < 1.29 is 57.0 Å². The van der Waals surface area contributed by atoms with Crippen LogP contribution in [-0.2, 0) is 52.2 Å². The minimum Gasteiger partial charge on any atom is -0.463 e. The number of benzene rings is 2. The van der Waals surface area contributed by atoms with Crippen molar-refractivity contribution in [3.63, 3.8) is 0 Å². The highest BCUT2D eigenvalue weighted by Crippen LogP contribution is 2.44. The lowest BCUT2D eigenvalue weighted by Gasteiger charge is -2.14. The van der Waals surface area contributed by atoms with E-state index in [1.165, 1.54) is 22.3 Å². The van der Waals surface area contributed by atoms with Crippen molar-refractivity contribution in [1.29, 1.82) is 0 Å². The molecule has 1 unspecified atom stereocenters. The van der Waals surface area contributed by atoms with E-state index < -0.39 is 6.09 Å². The van der Waals surface area contributed by atoms with E-state index in [0.29, 0.717) is 112 Å². The van der Waals surface area contributed by atoms with E-state index in [2.05, 4.69) is 36.5 Å². The number of unbranched alkanes of at least 4 members (excludes halogenated alkanes) is 1. The molecule has 54 heavy (non-hydrogen) atoms. The summed E-state index contributed by atoms with van der Waals surface area (Å²) in [5, 5.41) is 2.74. The van der Waals surface area contributed by atoms with Gasteiger partial charge in [0.05, 0.1) is 112 Å². The molecule has 0 fully saturated rings. The molecule has 2 aromatic carbocycles. The molecule has 1 N–H and O–H groups in total. The first-order chi connectivity index (χ1) is 26.7. The Morgan fingerprint density at radius 2 is 0.963 bits per heavy atom. The third-order valence-electron chi connectivity index (χ3n) is 8.67. The minimum atomic E-state index is -0.454. The summed E-state index contributed by atoms with van der Waals surface area (Å²) in [6.45, 7) is 12.3. The lowest BCUT2D eigenvalue weighted by atomic mass is 9.98. The van der Waals surface area contributed by atoms with Crippen LogP contribution in [0.5, 0.6) is 0 Å². The van der Waals surface area contributed by atoms with Gasteiger partial charge in [-0.05, 0) is 35.1 Å². The monoisotopic (exact) mass is 761 g/mol. The third-order valence-corrected chi connectivity index (χ3v) is 8.67. The van der Waals surface area contributed by atoms with Crippen LogP contribution in [0.4, 0.5) is 4.79 Å². The zero-order valence-corrected chi connectivity index (χ0v) is 32.4. The number of hydrogen-bond donors (Lipinski definition) is 1. The molecule has 0 saturated heterocycles. The minimum absolute atomic E-state index is 0.00939. The molecular formula is C41H63NO12. The van der Waals surface area contributed by atoms with Crippen LogP contribution in [-0.4, -0.2) is 138 Å². The summed E-state index contributed by atoms with van der Waals surface area (Å²) in [7, 11) is 0. The van der Waals surface area contributed by atoms with Crippen LogP contribution >= 0.6 is 0 Å². The van der Waals surface area contributed by atoms with Gasteiger partial charge in [0.2, 0.25) is 0 Å². The Morgan fingerprint density at radius 3 is 1.39 bits per heavy atom.